The first-order valence-corrected chi connectivity index (χ1v) is 6.48. The fourth-order valence-corrected chi connectivity index (χ4v) is 2.07. The van der Waals surface area contributed by atoms with Gasteiger partial charge in [0.1, 0.15) is 0 Å². The number of nitrogens with two attached hydrogens (primary N) is 1. The minimum absolute atomic E-state index is 0.0235. The Balaban J connectivity index is 2.87. The third-order valence-electron chi connectivity index (χ3n) is 3.55. The van der Waals surface area contributed by atoms with Crippen molar-refractivity contribution in [3.05, 3.63) is 34.9 Å². The Morgan fingerprint density at radius 3 is 2.12 bits per heavy atom. The smallest absolute Gasteiger partial charge is 0.0648 e. The molecule has 96 valence electrons. The van der Waals surface area contributed by atoms with Gasteiger partial charge in [-0.15, -0.1) is 0 Å². The summed E-state index contributed by atoms with van der Waals surface area (Å²) in [5, 5.41) is 11.1. The highest BCUT2D eigenvalue weighted by atomic mass is 35.5. The maximum absolute atomic E-state index is 10.4. The summed E-state index contributed by atoms with van der Waals surface area (Å²) < 4.78 is 0. The van der Waals surface area contributed by atoms with Gasteiger partial charge in [0.25, 0.3) is 0 Å². The maximum atomic E-state index is 10.4. The van der Waals surface area contributed by atoms with Gasteiger partial charge < -0.3 is 10.8 Å². The highest BCUT2D eigenvalue weighted by Crippen LogP contribution is 2.28. The Morgan fingerprint density at radius 1 is 1.18 bits per heavy atom. The summed E-state index contributed by atoms with van der Waals surface area (Å²) in [6.45, 7) is 6.74. The van der Waals surface area contributed by atoms with E-state index in [2.05, 4.69) is 20.8 Å². The molecule has 0 radical (unpaired) electrons. The standard InChI is InChI=1S/C14H22ClNO/c1-9(2)10(3)14(17)13(8-16)11-4-6-12(15)7-5-11/h4-7,9-10,13-14,17H,8,16H2,1-3H3. The van der Waals surface area contributed by atoms with Crippen molar-refractivity contribution >= 4 is 11.6 Å². The van der Waals surface area contributed by atoms with E-state index >= 15 is 0 Å². The van der Waals surface area contributed by atoms with Crippen LogP contribution in [-0.2, 0) is 0 Å². The van der Waals surface area contributed by atoms with Crippen molar-refractivity contribution in [3.63, 3.8) is 0 Å². The van der Waals surface area contributed by atoms with Gasteiger partial charge in [0.15, 0.2) is 0 Å². The fourth-order valence-electron chi connectivity index (χ4n) is 1.94. The van der Waals surface area contributed by atoms with Crippen LogP contribution in [0.1, 0.15) is 32.3 Å². The molecule has 2 nitrogen and oxygen atoms in total. The van der Waals surface area contributed by atoms with Crippen molar-refractivity contribution in [2.75, 3.05) is 6.54 Å². The molecular formula is C14H22ClNO. The number of hydrogen-bond acceptors (Lipinski definition) is 2. The molecule has 1 aromatic rings. The summed E-state index contributed by atoms with van der Waals surface area (Å²) in [7, 11) is 0. The van der Waals surface area contributed by atoms with Crippen LogP contribution in [0.5, 0.6) is 0 Å². The van der Waals surface area contributed by atoms with Gasteiger partial charge >= 0.3 is 0 Å². The van der Waals surface area contributed by atoms with Crippen LogP contribution in [-0.4, -0.2) is 17.8 Å². The van der Waals surface area contributed by atoms with E-state index in [1.807, 2.05) is 24.3 Å². The topological polar surface area (TPSA) is 46.2 Å². The molecule has 0 spiro atoms. The van der Waals surface area contributed by atoms with E-state index in [1.54, 1.807) is 0 Å². The van der Waals surface area contributed by atoms with Gasteiger partial charge in [-0.25, -0.2) is 0 Å². The quantitative estimate of drug-likeness (QED) is 0.850. The molecule has 3 heteroatoms. The lowest BCUT2D eigenvalue weighted by Gasteiger charge is -2.29. The van der Waals surface area contributed by atoms with Gasteiger partial charge in [0, 0.05) is 17.5 Å². The molecular weight excluding hydrogens is 234 g/mol. The first-order chi connectivity index (χ1) is 7.97. The van der Waals surface area contributed by atoms with Crippen LogP contribution in [0.15, 0.2) is 24.3 Å². The lowest BCUT2D eigenvalue weighted by Crippen LogP contribution is -2.33. The molecule has 0 aliphatic carbocycles. The highest BCUT2D eigenvalue weighted by Gasteiger charge is 2.26. The zero-order chi connectivity index (χ0) is 13.0. The number of hydrogen-bond donors (Lipinski definition) is 2. The number of aliphatic hydroxyl groups excluding tert-OH is 1. The number of halogens is 1. The van der Waals surface area contributed by atoms with Crippen molar-refractivity contribution in [1.29, 1.82) is 0 Å². The molecule has 0 bridgehead atoms. The lowest BCUT2D eigenvalue weighted by molar-refractivity contribution is 0.0684. The summed E-state index contributed by atoms with van der Waals surface area (Å²) in [6, 6.07) is 7.56. The molecule has 1 aromatic carbocycles. The third kappa shape index (κ3) is 3.70. The number of benzene rings is 1. The van der Waals surface area contributed by atoms with Gasteiger partial charge in [0.05, 0.1) is 6.10 Å². The van der Waals surface area contributed by atoms with Crippen molar-refractivity contribution in [2.24, 2.45) is 17.6 Å². The molecule has 0 saturated heterocycles. The van der Waals surface area contributed by atoms with E-state index < -0.39 is 6.10 Å². The molecule has 0 amide bonds. The maximum Gasteiger partial charge on any atom is 0.0648 e. The predicted octanol–water partition coefficient (Wildman–Crippen LogP) is 3.04. The van der Waals surface area contributed by atoms with Crippen LogP contribution in [0.3, 0.4) is 0 Å². The molecule has 0 aliphatic heterocycles. The largest absolute Gasteiger partial charge is 0.392 e. The fraction of sp³-hybridized carbons (Fsp3) is 0.571. The van der Waals surface area contributed by atoms with Gasteiger partial charge in [-0.3, -0.25) is 0 Å². The molecule has 0 saturated carbocycles. The number of aliphatic hydroxyl groups is 1. The summed E-state index contributed by atoms with van der Waals surface area (Å²) >= 11 is 5.86. The number of rotatable bonds is 5. The Labute approximate surface area is 109 Å². The minimum atomic E-state index is -0.416. The van der Waals surface area contributed by atoms with E-state index in [0.717, 1.165) is 5.56 Å². The first-order valence-electron chi connectivity index (χ1n) is 6.11. The molecule has 3 N–H and O–H groups in total. The predicted molar refractivity (Wildman–Crippen MR) is 73.3 cm³/mol. The molecule has 0 aromatic heterocycles. The van der Waals surface area contributed by atoms with Gasteiger partial charge in [-0.05, 0) is 29.5 Å². The highest BCUT2D eigenvalue weighted by molar-refractivity contribution is 6.30. The third-order valence-corrected chi connectivity index (χ3v) is 3.81. The van der Waals surface area contributed by atoms with Crippen LogP contribution in [0.4, 0.5) is 0 Å². The van der Waals surface area contributed by atoms with Crippen LogP contribution >= 0.6 is 11.6 Å². The molecule has 0 aliphatic rings. The Kier molecular flexibility index (Phi) is 5.44. The van der Waals surface area contributed by atoms with Crippen molar-refractivity contribution in [2.45, 2.75) is 32.8 Å². The van der Waals surface area contributed by atoms with Crippen LogP contribution in [0, 0.1) is 11.8 Å². The van der Waals surface area contributed by atoms with E-state index in [4.69, 9.17) is 17.3 Å². The molecule has 3 unspecified atom stereocenters. The van der Waals surface area contributed by atoms with E-state index in [-0.39, 0.29) is 11.8 Å². The molecule has 0 heterocycles. The SMILES string of the molecule is CC(C)C(C)C(O)C(CN)c1ccc(Cl)cc1. The Morgan fingerprint density at radius 2 is 1.71 bits per heavy atom. The second-order valence-electron chi connectivity index (χ2n) is 4.99. The second kappa shape index (κ2) is 6.39. The van der Waals surface area contributed by atoms with Crippen LogP contribution in [0.2, 0.25) is 5.02 Å². The minimum Gasteiger partial charge on any atom is -0.392 e. The van der Waals surface area contributed by atoms with Gasteiger partial charge in [-0.1, -0.05) is 44.5 Å². The van der Waals surface area contributed by atoms with E-state index in [1.165, 1.54) is 0 Å². The van der Waals surface area contributed by atoms with Crippen LogP contribution in [0.25, 0.3) is 0 Å². The monoisotopic (exact) mass is 255 g/mol. The zero-order valence-corrected chi connectivity index (χ0v) is 11.5. The normalized spacial score (nSPS) is 16.9. The van der Waals surface area contributed by atoms with E-state index in [0.29, 0.717) is 17.5 Å². The van der Waals surface area contributed by atoms with Crippen molar-refractivity contribution in [1.82, 2.24) is 0 Å². The zero-order valence-electron chi connectivity index (χ0n) is 10.7. The summed E-state index contributed by atoms with van der Waals surface area (Å²) in [5.41, 5.74) is 6.84. The average Bonchev–Trinajstić information content (AvgIpc) is 2.31. The second-order valence-corrected chi connectivity index (χ2v) is 5.42. The molecule has 1 rings (SSSR count). The Bertz CT molecular complexity index is 337. The molecule has 17 heavy (non-hydrogen) atoms. The molecule has 0 fully saturated rings. The molecule has 3 atom stereocenters. The van der Waals surface area contributed by atoms with Gasteiger partial charge in [-0.2, -0.15) is 0 Å². The van der Waals surface area contributed by atoms with Crippen molar-refractivity contribution in [3.8, 4) is 0 Å². The summed E-state index contributed by atoms with van der Waals surface area (Å²) in [4.78, 5) is 0. The van der Waals surface area contributed by atoms with E-state index in [9.17, 15) is 5.11 Å². The van der Waals surface area contributed by atoms with Crippen molar-refractivity contribution < 1.29 is 5.11 Å². The first kappa shape index (κ1) is 14.5. The summed E-state index contributed by atoms with van der Waals surface area (Å²) in [5.74, 6) is 0.634. The lowest BCUT2D eigenvalue weighted by atomic mass is 9.81. The van der Waals surface area contributed by atoms with Crippen LogP contribution < -0.4 is 5.73 Å². The Hall–Kier alpha value is -0.570. The van der Waals surface area contributed by atoms with Gasteiger partial charge in [0.2, 0.25) is 0 Å². The summed E-state index contributed by atoms with van der Waals surface area (Å²) in [6.07, 6.45) is -0.416. The average molecular weight is 256 g/mol.